The molecule has 0 saturated carbocycles. The van der Waals surface area contributed by atoms with E-state index in [1.165, 1.54) is 0 Å². The molecule has 1 aromatic heterocycles. The van der Waals surface area contributed by atoms with Crippen molar-refractivity contribution in [2.45, 2.75) is 27.4 Å². The van der Waals surface area contributed by atoms with Crippen molar-refractivity contribution >= 4 is 26.9 Å². The molecule has 29 heavy (non-hydrogen) atoms. The van der Waals surface area contributed by atoms with E-state index in [1.54, 1.807) is 0 Å². The van der Waals surface area contributed by atoms with Crippen molar-refractivity contribution in [1.82, 2.24) is 0 Å². The van der Waals surface area contributed by atoms with Gasteiger partial charge in [-0.15, -0.1) is 0 Å². The highest BCUT2D eigenvalue weighted by Crippen LogP contribution is 2.33. The summed E-state index contributed by atoms with van der Waals surface area (Å²) in [6.07, 6.45) is 0. The van der Waals surface area contributed by atoms with E-state index in [-0.39, 0.29) is 17.8 Å². The molecule has 0 aliphatic heterocycles. The van der Waals surface area contributed by atoms with E-state index in [0.717, 1.165) is 32.3 Å². The molecule has 146 valence electrons. The normalized spacial score (nSPS) is 11.0. The van der Waals surface area contributed by atoms with Crippen LogP contribution in [0.5, 0.6) is 5.75 Å². The molecule has 1 heterocycles. The lowest BCUT2D eigenvalue weighted by molar-refractivity contribution is 0.298. The standard InChI is InChI=1S/C25H21BrO3/c1-15-4-8-19(9-5-15)24-25(28-14-18-6-10-20(26)11-7-18)22(27)21-13-16(2)12-17(3)23(21)29-24/h4-13H,14H2,1-3H3. The number of aryl methyl sites for hydroxylation is 3. The molecule has 3 nitrogen and oxygen atoms in total. The molecule has 0 spiro atoms. The van der Waals surface area contributed by atoms with E-state index in [2.05, 4.69) is 15.9 Å². The van der Waals surface area contributed by atoms with Gasteiger partial charge in [0, 0.05) is 10.0 Å². The maximum absolute atomic E-state index is 13.4. The summed E-state index contributed by atoms with van der Waals surface area (Å²) >= 11 is 3.44. The average Bonchev–Trinajstić information content (AvgIpc) is 2.70. The molecule has 0 unspecified atom stereocenters. The predicted molar refractivity (Wildman–Crippen MR) is 121 cm³/mol. The monoisotopic (exact) mass is 448 g/mol. The Bertz CT molecular complexity index is 1240. The van der Waals surface area contributed by atoms with E-state index in [9.17, 15) is 4.79 Å². The third-order valence-corrected chi connectivity index (χ3v) is 5.42. The second-order valence-electron chi connectivity index (χ2n) is 7.33. The van der Waals surface area contributed by atoms with Gasteiger partial charge in [-0.2, -0.15) is 0 Å². The van der Waals surface area contributed by atoms with E-state index in [4.69, 9.17) is 9.15 Å². The van der Waals surface area contributed by atoms with E-state index in [0.29, 0.717) is 16.7 Å². The molecule has 0 bridgehead atoms. The highest BCUT2D eigenvalue weighted by Gasteiger charge is 2.19. The Morgan fingerprint density at radius 1 is 0.897 bits per heavy atom. The largest absolute Gasteiger partial charge is 0.481 e. The summed E-state index contributed by atoms with van der Waals surface area (Å²) in [7, 11) is 0. The quantitative estimate of drug-likeness (QED) is 0.347. The van der Waals surface area contributed by atoms with Gasteiger partial charge >= 0.3 is 0 Å². The highest BCUT2D eigenvalue weighted by atomic mass is 79.9. The van der Waals surface area contributed by atoms with Crippen molar-refractivity contribution in [1.29, 1.82) is 0 Å². The second-order valence-corrected chi connectivity index (χ2v) is 8.24. The fourth-order valence-corrected chi connectivity index (χ4v) is 3.66. The van der Waals surface area contributed by atoms with Gasteiger partial charge in [-0.25, -0.2) is 0 Å². The fraction of sp³-hybridized carbons (Fsp3) is 0.160. The van der Waals surface area contributed by atoms with E-state index in [1.807, 2.05) is 81.4 Å². The van der Waals surface area contributed by atoms with Crippen LogP contribution in [0.2, 0.25) is 0 Å². The summed E-state index contributed by atoms with van der Waals surface area (Å²) in [4.78, 5) is 13.4. The molecule has 0 N–H and O–H groups in total. The van der Waals surface area contributed by atoms with Crippen LogP contribution in [0.25, 0.3) is 22.3 Å². The number of ether oxygens (including phenoxy) is 1. The molecule has 3 aromatic carbocycles. The molecule has 0 atom stereocenters. The Hall–Kier alpha value is -2.85. The summed E-state index contributed by atoms with van der Waals surface area (Å²) in [5.41, 5.74) is 5.34. The highest BCUT2D eigenvalue weighted by molar-refractivity contribution is 9.10. The smallest absolute Gasteiger partial charge is 0.235 e. The molecule has 4 aromatic rings. The van der Waals surface area contributed by atoms with E-state index >= 15 is 0 Å². The third-order valence-electron chi connectivity index (χ3n) is 4.89. The molecule has 0 amide bonds. The van der Waals surface area contributed by atoms with Crippen molar-refractivity contribution in [3.8, 4) is 17.1 Å². The van der Waals surface area contributed by atoms with Crippen molar-refractivity contribution in [2.24, 2.45) is 0 Å². The molecule has 4 heteroatoms. The lowest BCUT2D eigenvalue weighted by Crippen LogP contribution is -2.11. The Labute approximate surface area is 178 Å². The SMILES string of the molecule is Cc1ccc(-c2oc3c(C)cc(C)cc3c(=O)c2OCc2ccc(Br)cc2)cc1. The summed E-state index contributed by atoms with van der Waals surface area (Å²) in [6.45, 7) is 6.24. The number of benzene rings is 3. The molecule has 4 rings (SSSR count). The minimum atomic E-state index is -0.147. The second kappa shape index (κ2) is 7.88. The lowest BCUT2D eigenvalue weighted by atomic mass is 10.0. The number of rotatable bonds is 4. The molecule has 0 saturated heterocycles. The minimum absolute atomic E-state index is 0.147. The van der Waals surface area contributed by atoms with Gasteiger partial charge < -0.3 is 9.15 Å². The van der Waals surface area contributed by atoms with Gasteiger partial charge in [0.15, 0.2) is 5.76 Å². The summed E-state index contributed by atoms with van der Waals surface area (Å²) in [5, 5.41) is 0.546. The van der Waals surface area contributed by atoms with Gasteiger partial charge in [0.1, 0.15) is 12.2 Å². The molecular formula is C25H21BrO3. The van der Waals surface area contributed by atoms with Crippen LogP contribution in [0.15, 0.2) is 74.3 Å². The van der Waals surface area contributed by atoms with Crippen LogP contribution in [0.1, 0.15) is 22.3 Å². The van der Waals surface area contributed by atoms with Crippen LogP contribution in [-0.4, -0.2) is 0 Å². The lowest BCUT2D eigenvalue weighted by Gasteiger charge is -2.13. The fourth-order valence-electron chi connectivity index (χ4n) is 3.39. The Morgan fingerprint density at radius 2 is 1.59 bits per heavy atom. The first kappa shape index (κ1) is 19.5. The Kier molecular flexibility index (Phi) is 5.29. The first-order valence-electron chi connectivity index (χ1n) is 9.45. The van der Waals surface area contributed by atoms with Gasteiger partial charge in [0.2, 0.25) is 11.2 Å². The van der Waals surface area contributed by atoms with Crippen LogP contribution in [0, 0.1) is 20.8 Å². The number of hydrogen-bond acceptors (Lipinski definition) is 3. The van der Waals surface area contributed by atoms with Crippen molar-refractivity contribution in [3.05, 3.63) is 97.6 Å². The summed E-state index contributed by atoms with van der Waals surface area (Å²) < 4.78 is 13.3. The topological polar surface area (TPSA) is 39.4 Å². The zero-order chi connectivity index (χ0) is 20.5. The first-order valence-corrected chi connectivity index (χ1v) is 10.2. The van der Waals surface area contributed by atoms with Crippen molar-refractivity contribution < 1.29 is 9.15 Å². The minimum Gasteiger partial charge on any atom is -0.481 e. The Balaban J connectivity index is 1.88. The zero-order valence-electron chi connectivity index (χ0n) is 16.6. The third kappa shape index (κ3) is 3.99. The van der Waals surface area contributed by atoms with Crippen molar-refractivity contribution in [2.75, 3.05) is 0 Å². The molecule has 0 fully saturated rings. The number of hydrogen-bond donors (Lipinski definition) is 0. The van der Waals surface area contributed by atoms with Crippen molar-refractivity contribution in [3.63, 3.8) is 0 Å². The predicted octanol–water partition coefficient (Wildman–Crippen LogP) is 6.73. The average molecular weight is 449 g/mol. The van der Waals surface area contributed by atoms with Gasteiger partial charge in [0.25, 0.3) is 0 Å². The molecule has 0 aliphatic carbocycles. The van der Waals surface area contributed by atoms with Gasteiger partial charge in [0.05, 0.1) is 5.39 Å². The van der Waals surface area contributed by atoms with E-state index < -0.39 is 0 Å². The van der Waals surface area contributed by atoms with Crippen LogP contribution < -0.4 is 10.2 Å². The number of halogens is 1. The first-order chi connectivity index (χ1) is 13.9. The summed E-state index contributed by atoms with van der Waals surface area (Å²) in [5.74, 6) is 0.709. The molecular weight excluding hydrogens is 428 g/mol. The van der Waals surface area contributed by atoms with Crippen LogP contribution >= 0.6 is 15.9 Å². The molecule has 0 radical (unpaired) electrons. The van der Waals surface area contributed by atoms with Crippen LogP contribution in [-0.2, 0) is 6.61 Å². The summed E-state index contributed by atoms with van der Waals surface area (Å²) in [6, 6.07) is 19.6. The number of fused-ring (bicyclic) bond motifs is 1. The van der Waals surface area contributed by atoms with Gasteiger partial charge in [-0.1, -0.05) is 64.0 Å². The zero-order valence-corrected chi connectivity index (χ0v) is 18.2. The maximum atomic E-state index is 13.4. The molecule has 0 aliphatic rings. The van der Waals surface area contributed by atoms with Crippen LogP contribution in [0.3, 0.4) is 0 Å². The maximum Gasteiger partial charge on any atom is 0.235 e. The Morgan fingerprint density at radius 3 is 2.28 bits per heavy atom. The van der Waals surface area contributed by atoms with Gasteiger partial charge in [-0.05, 0) is 55.7 Å². The van der Waals surface area contributed by atoms with Crippen LogP contribution in [0.4, 0.5) is 0 Å². The van der Waals surface area contributed by atoms with Gasteiger partial charge in [-0.3, -0.25) is 4.79 Å².